The van der Waals surface area contributed by atoms with E-state index in [4.69, 9.17) is 26.2 Å². The van der Waals surface area contributed by atoms with Gasteiger partial charge in [0.05, 0.1) is 5.02 Å². The second-order valence-electron chi connectivity index (χ2n) is 5.32. The van der Waals surface area contributed by atoms with E-state index in [1.807, 2.05) is 13.8 Å². The summed E-state index contributed by atoms with van der Waals surface area (Å²) in [6, 6.07) is 3.11. The smallest absolute Gasteiger partial charge is 0.251 e. The maximum Gasteiger partial charge on any atom is 0.251 e. The molecule has 0 bridgehead atoms. The van der Waals surface area contributed by atoms with E-state index >= 15 is 0 Å². The van der Waals surface area contributed by atoms with Gasteiger partial charge in [-0.1, -0.05) is 25.4 Å². The summed E-state index contributed by atoms with van der Waals surface area (Å²) in [5.41, 5.74) is 0.424. The number of amides is 1. The van der Waals surface area contributed by atoms with Crippen molar-refractivity contribution in [3.05, 3.63) is 22.7 Å². The molecule has 1 atom stereocenters. The number of aliphatic hydroxyl groups is 1. The molecule has 1 unspecified atom stereocenters. The zero-order chi connectivity index (χ0) is 15.4. The first-order chi connectivity index (χ1) is 10.0. The Kier molecular flexibility index (Phi) is 5.31. The largest absolute Gasteiger partial charge is 0.486 e. The van der Waals surface area contributed by atoms with Gasteiger partial charge in [-0.2, -0.15) is 0 Å². The second kappa shape index (κ2) is 7.00. The molecule has 0 fully saturated rings. The molecule has 21 heavy (non-hydrogen) atoms. The summed E-state index contributed by atoms with van der Waals surface area (Å²) in [6.45, 7) is 4.91. The van der Waals surface area contributed by atoms with E-state index in [2.05, 4.69) is 5.32 Å². The highest BCUT2D eigenvalue weighted by atomic mass is 35.5. The Bertz CT molecular complexity index is 519. The number of rotatable bonds is 5. The molecule has 2 rings (SSSR count). The minimum absolute atomic E-state index is 0.0328. The SMILES string of the molecule is CC(C)C(CCO)NC(=O)c1cc(Cl)c2c(c1)OCCO2. The fraction of sp³-hybridized carbons (Fsp3) is 0.533. The van der Waals surface area contributed by atoms with Crippen molar-refractivity contribution >= 4 is 17.5 Å². The van der Waals surface area contributed by atoms with Crippen LogP contribution in [0.1, 0.15) is 30.6 Å². The average molecular weight is 314 g/mol. The van der Waals surface area contributed by atoms with Gasteiger partial charge in [0.25, 0.3) is 5.91 Å². The van der Waals surface area contributed by atoms with Gasteiger partial charge in [-0.25, -0.2) is 0 Å². The molecule has 1 aliphatic heterocycles. The standard InChI is InChI=1S/C15H20ClNO4/c1-9(2)12(3-4-18)17-15(19)10-7-11(16)14-13(8-10)20-5-6-21-14/h7-9,12,18H,3-6H2,1-2H3,(H,17,19). The Morgan fingerprint density at radius 3 is 2.76 bits per heavy atom. The lowest BCUT2D eigenvalue weighted by molar-refractivity contribution is 0.0915. The average Bonchev–Trinajstić information content (AvgIpc) is 2.46. The quantitative estimate of drug-likeness (QED) is 0.875. The highest BCUT2D eigenvalue weighted by Crippen LogP contribution is 2.38. The summed E-state index contributed by atoms with van der Waals surface area (Å²) in [7, 11) is 0. The van der Waals surface area contributed by atoms with Crippen LogP contribution in [-0.4, -0.2) is 36.9 Å². The maximum absolute atomic E-state index is 12.3. The lowest BCUT2D eigenvalue weighted by Crippen LogP contribution is -2.39. The van der Waals surface area contributed by atoms with E-state index < -0.39 is 0 Å². The number of carbonyl (C=O) groups is 1. The van der Waals surface area contributed by atoms with Crippen LogP contribution in [0.4, 0.5) is 0 Å². The van der Waals surface area contributed by atoms with Crippen LogP contribution in [0.3, 0.4) is 0 Å². The summed E-state index contributed by atoms with van der Waals surface area (Å²) in [4.78, 5) is 12.3. The van der Waals surface area contributed by atoms with Gasteiger partial charge in [-0.15, -0.1) is 0 Å². The first kappa shape index (κ1) is 15.9. The van der Waals surface area contributed by atoms with Crippen LogP contribution in [0.2, 0.25) is 5.02 Å². The Morgan fingerprint density at radius 1 is 1.38 bits per heavy atom. The predicted molar refractivity (Wildman–Crippen MR) is 80.2 cm³/mol. The van der Waals surface area contributed by atoms with E-state index in [9.17, 15) is 4.79 Å². The molecule has 1 aromatic rings. The summed E-state index contributed by atoms with van der Waals surface area (Å²) in [5, 5.41) is 12.3. The highest BCUT2D eigenvalue weighted by molar-refractivity contribution is 6.32. The van der Waals surface area contributed by atoms with Gasteiger partial charge in [0.2, 0.25) is 0 Å². The van der Waals surface area contributed by atoms with Gasteiger partial charge >= 0.3 is 0 Å². The molecule has 0 aliphatic carbocycles. The van der Waals surface area contributed by atoms with Crippen molar-refractivity contribution in [2.75, 3.05) is 19.8 Å². The fourth-order valence-corrected chi connectivity index (χ4v) is 2.47. The molecule has 0 spiro atoms. The van der Waals surface area contributed by atoms with E-state index in [0.717, 1.165) is 0 Å². The molecule has 0 aromatic heterocycles. The zero-order valence-corrected chi connectivity index (χ0v) is 12.9. The summed E-state index contributed by atoms with van der Waals surface area (Å²) in [6.07, 6.45) is 0.516. The number of hydrogen-bond donors (Lipinski definition) is 2. The predicted octanol–water partition coefficient (Wildman–Crippen LogP) is 2.25. The van der Waals surface area contributed by atoms with Crippen LogP contribution in [0.25, 0.3) is 0 Å². The molecule has 0 saturated carbocycles. The first-order valence-corrected chi connectivity index (χ1v) is 7.41. The minimum Gasteiger partial charge on any atom is -0.486 e. The number of benzene rings is 1. The van der Waals surface area contributed by atoms with Gasteiger partial charge in [0.1, 0.15) is 13.2 Å². The Morgan fingerprint density at radius 2 is 2.10 bits per heavy atom. The molecule has 1 heterocycles. The number of hydrogen-bond acceptors (Lipinski definition) is 4. The summed E-state index contributed by atoms with van der Waals surface area (Å²) in [5.74, 6) is 0.965. The third-order valence-electron chi connectivity index (χ3n) is 3.42. The van der Waals surface area contributed by atoms with Crippen LogP contribution >= 0.6 is 11.6 Å². The number of nitrogens with one attached hydrogen (secondary N) is 1. The number of fused-ring (bicyclic) bond motifs is 1. The monoisotopic (exact) mass is 313 g/mol. The second-order valence-corrected chi connectivity index (χ2v) is 5.73. The van der Waals surface area contributed by atoms with Gasteiger partial charge < -0.3 is 19.9 Å². The molecule has 2 N–H and O–H groups in total. The van der Waals surface area contributed by atoms with Gasteiger partial charge in [-0.3, -0.25) is 4.79 Å². The highest BCUT2D eigenvalue weighted by Gasteiger charge is 2.21. The molecule has 0 radical (unpaired) electrons. The third kappa shape index (κ3) is 3.80. The number of aliphatic hydroxyl groups excluding tert-OH is 1. The van der Waals surface area contributed by atoms with Gasteiger partial charge in [0.15, 0.2) is 11.5 Å². The molecule has 1 amide bonds. The minimum atomic E-state index is -0.235. The molecule has 0 saturated heterocycles. The summed E-state index contributed by atoms with van der Waals surface area (Å²) < 4.78 is 10.9. The van der Waals surface area contributed by atoms with E-state index in [1.54, 1.807) is 12.1 Å². The van der Waals surface area contributed by atoms with Crippen LogP contribution in [-0.2, 0) is 0 Å². The number of carbonyl (C=O) groups excluding carboxylic acids is 1. The van der Waals surface area contributed by atoms with Crippen LogP contribution < -0.4 is 14.8 Å². The van der Waals surface area contributed by atoms with Crippen molar-refractivity contribution in [1.29, 1.82) is 0 Å². The Labute approximate surface area is 129 Å². The van der Waals surface area contributed by atoms with Crippen LogP contribution in [0.15, 0.2) is 12.1 Å². The number of halogens is 1. The lowest BCUT2D eigenvalue weighted by atomic mass is 10.0. The number of ether oxygens (including phenoxy) is 2. The maximum atomic E-state index is 12.3. The van der Waals surface area contributed by atoms with Crippen molar-refractivity contribution in [3.8, 4) is 11.5 Å². The third-order valence-corrected chi connectivity index (χ3v) is 3.70. The van der Waals surface area contributed by atoms with Crippen LogP contribution in [0, 0.1) is 5.92 Å². The van der Waals surface area contributed by atoms with Crippen molar-refractivity contribution in [2.45, 2.75) is 26.3 Å². The van der Waals surface area contributed by atoms with E-state index in [1.165, 1.54) is 0 Å². The van der Waals surface area contributed by atoms with Crippen molar-refractivity contribution in [3.63, 3.8) is 0 Å². The molecule has 1 aromatic carbocycles. The van der Waals surface area contributed by atoms with Gasteiger partial charge in [-0.05, 0) is 24.5 Å². The first-order valence-electron chi connectivity index (χ1n) is 7.03. The fourth-order valence-electron chi connectivity index (χ4n) is 2.20. The lowest BCUT2D eigenvalue weighted by Gasteiger charge is -2.23. The van der Waals surface area contributed by atoms with E-state index in [0.29, 0.717) is 41.7 Å². The topological polar surface area (TPSA) is 67.8 Å². The zero-order valence-electron chi connectivity index (χ0n) is 12.2. The molecule has 1 aliphatic rings. The molecule has 116 valence electrons. The Balaban J connectivity index is 2.17. The van der Waals surface area contributed by atoms with Crippen LogP contribution in [0.5, 0.6) is 11.5 Å². The van der Waals surface area contributed by atoms with Gasteiger partial charge in [0, 0.05) is 18.2 Å². The van der Waals surface area contributed by atoms with Crippen molar-refractivity contribution in [1.82, 2.24) is 5.32 Å². The summed E-state index contributed by atoms with van der Waals surface area (Å²) >= 11 is 6.13. The molecule has 6 heteroatoms. The molecular weight excluding hydrogens is 294 g/mol. The van der Waals surface area contributed by atoms with Crippen molar-refractivity contribution < 1.29 is 19.4 Å². The molecule has 5 nitrogen and oxygen atoms in total. The van der Waals surface area contributed by atoms with Crippen molar-refractivity contribution in [2.24, 2.45) is 5.92 Å². The van der Waals surface area contributed by atoms with E-state index in [-0.39, 0.29) is 24.5 Å². The Hall–Kier alpha value is -1.46. The molecular formula is C15H20ClNO4. The normalized spacial score (nSPS) is 14.9.